The minimum absolute atomic E-state index is 0.0574. The van der Waals surface area contributed by atoms with Crippen LogP contribution in [0.25, 0.3) is 6.08 Å². The molecule has 7 nitrogen and oxygen atoms in total. The highest BCUT2D eigenvalue weighted by atomic mass is 35.5. The average Bonchev–Trinajstić information content (AvgIpc) is 3.17. The molecule has 1 heterocycles. The summed E-state index contributed by atoms with van der Waals surface area (Å²) in [5, 5.41) is 3.17. The number of nitrogens with one attached hydrogen (secondary N) is 1. The first-order valence-corrected chi connectivity index (χ1v) is 9.73. The Hall–Kier alpha value is -3.19. The normalized spacial score (nSPS) is 13.6. The van der Waals surface area contributed by atoms with Crippen LogP contribution in [0.5, 0.6) is 17.2 Å². The lowest BCUT2D eigenvalue weighted by Crippen LogP contribution is -2.24. The van der Waals surface area contributed by atoms with Crippen LogP contribution in [0.1, 0.15) is 18.4 Å². The van der Waals surface area contributed by atoms with Crippen LogP contribution < -0.4 is 24.4 Å². The topological polar surface area (TPSA) is 77.1 Å². The third kappa shape index (κ3) is 4.68. The first-order chi connectivity index (χ1) is 14.5. The van der Waals surface area contributed by atoms with E-state index in [2.05, 4.69) is 5.32 Å². The number of carbonyl (C=O) groups is 2. The zero-order valence-electron chi connectivity index (χ0n) is 17.0. The van der Waals surface area contributed by atoms with Crippen molar-refractivity contribution >= 4 is 40.9 Å². The molecule has 2 amide bonds. The number of ether oxygens (including phenoxy) is 3. The third-order valence-electron chi connectivity index (χ3n) is 4.69. The van der Waals surface area contributed by atoms with E-state index in [0.717, 1.165) is 6.42 Å². The lowest BCUT2D eigenvalue weighted by atomic mass is 10.1. The molecule has 1 fully saturated rings. The standard InChI is InChI=1S/C22H23ClN2O5/c1-28-18-11-14(12-19(29-2)22(18)30-3)6-9-20(26)24-15-7-8-17(16(23)13-15)25-10-4-5-21(25)27/h6-9,11-13H,4-5,10H2,1-3H3,(H,24,26)/b9-6+. The molecule has 0 unspecified atom stereocenters. The fraction of sp³-hybridized carbons (Fsp3) is 0.273. The maximum absolute atomic E-state index is 12.3. The molecule has 1 aliphatic rings. The molecule has 0 aliphatic carbocycles. The summed E-state index contributed by atoms with van der Waals surface area (Å²) >= 11 is 6.32. The molecule has 8 heteroatoms. The van der Waals surface area contributed by atoms with Crippen LogP contribution in [0, 0.1) is 0 Å². The summed E-state index contributed by atoms with van der Waals surface area (Å²) in [4.78, 5) is 25.9. The van der Waals surface area contributed by atoms with E-state index >= 15 is 0 Å². The zero-order chi connectivity index (χ0) is 21.7. The second-order valence-corrected chi connectivity index (χ2v) is 7.00. The Balaban J connectivity index is 1.72. The van der Waals surface area contributed by atoms with Crippen molar-refractivity contribution < 1.29 is 23.8 Å². The molecule has 0 bridgehead atoms. The van der Waals surface area contributed by atoms with Gasteiger partial charge in [-0.3, -0.25) is 9.59 Å². The van der Waals surface area contributed by atoms with Gasteiger partial charge in [0.2, 0.25) is 17.6 Å². The number of anilines is 2. The highest BCUT2D eigenvalue weighted by molar-refractivity contribution is 6.34. The minimum Gasteiger partial charge on any atom is -0.493 e. The molecular weight excluding hydrogens is 408 g/mol. The molecular formula is C22H23ClN2O5. The van der Waals surface area contributed by atoms with Crippen LogP contribution in [0.2, 0.25) is 5.02 Å². The van der Waals surface area contributed by atoms with Gasteiger partial charge in [-0.15, -0.1) is 0 Å². The molecule has 158 valence electrons. The molecule has 0 radical (unpaired) electrons. The molecule has 0 saturated carbocycles. The van der Waals surface area contributed by atoms with Gasteiger partial charge in [0.15, 0.2) is 11.5 Å². The Bertz CT molecular complexity index is 964. The number of methoxy groups -OCH3 is 3. The summed E-state index contributed by atoms with van der Waals surface area (Å²) in [5.74, 6) is 1.20. The maximum Gasteiger partial charge on any atom is 0.248 e. The van der Waals surface area contributed by atoms with E-state index in [1.54, 1.807) is 41.3 Å². The van der Waals surface area contributed by atoms with E-state index in [9.17, 15) is 9.59 Å². The van der Waals surface area contributed by atoms with Crippen molar-refractivity contribution in [3.63, 3.8) is 0 Å². The summed E-state index contributed by atoms with van der Waals surface area (Å²) in [6.45, 7) is 0.655. The van der Waals surface area contributed by atoms with Crippen LogP contribution in [-0.4, -0.2) is 39.7 Å². The van der Waals surface area contributed by atoms with Gasteiger partial charge in [0.25, 0.3) is 0 Å². The smallest absolute Gasteiger partial charge is 0.248 e. The van der Waals surface area contributed by atoms with Crippen LogP contribution in [0.3, 0.4) is 0 Å². The van der Waals surface area contributed by atoms with Crippen molar-refractivity contribution in [2.45, 2.75) is 12.8 Å². The summed E-state index contributed by atoms with van der Waals surface area (Å²) in [7, 11) is 4.58. The molecule has 3 rings (SSSR count). The van der Waals surface area contributed by atoms with E-state index in [0.29, 0.717) is 52.2 Å². The van der Waals surface area contributed by atoms with Crippen LogP contribution in [0.4, 0.5) is 11.4 Å². The molecule has 0 spiro atoms. The van der Waals surface area contributed by atoms with Gasteiger partial charge in [0.05, 0.1) is 32.0 Å². The van der Waals surface area contributed by atoms with Crippen molar-refractivity contribution in [3.8, 4) is 17.2 Å². The monoisotopic (exact) mass is 430 g/mol. The van der Waals surface area contributed by atoms with Crippen LogP contribution in [0.15, 0.2) is 36.4 Å². The van der Waals surface area contributed by atoms with E-state index in [1.165, 1.54) is 27.4 Å². The molecule has 2 aromatic rings. The van der Waals surface area contributed by atoms with Crippen molar-refractivity contribution in [3.05, 3.63) is 47.0 Å². The molecule has 1 aliphatic heterocycles. The molecule has 0 atom stereocenters. The predicted octanol–water partition coefficient (Wildman–Crippen LogP) is 4.14. The fourth-order valence-electron chi connectivity index (χ4n) is 3.26. The van der Waals surface area contributed by atoms with E-state index in [4.69, 9.17) is 25.8 Å². The number of carbonyl (C=O) groups excluding carboxylic acids is 2. The quantitative estimate of drug-likeness (QED) is 0.668. The summed E-state index contributed by atoms with van der Waals surface area (Å²) in [5.41, 5.74) is 1.90. The van der Waals surface area contributed by atoms with Crippen LogP contribution in [-0.2, 0) is 9.59 Å². The first kappa shape index (κ1) is 21.5. The zero-order valence-corrected chi connectivity index (χ0v) is 17.8. The average molecular weight is 431 g/mol. The number of hydrogen-bond donors (Lipinski definition) is 1. The lowest BCUT2D eigenvalue weighted by Gasteiger charge is -2.17. The van der Waals surface area contributed by atoms with Gasteiger partial charge >= 0.3 is 0 Å². The molecule has 1 saturated heterocycles. The second-order valence-electron chi connectivity index (χ2n) is 6.60. The number of amides is 2. The summed E-state index contributed by atoms with van der Waals surface area (Å²) < 4.78 is 15.9. The van der Waals surface area contributed by atoms with Crippen molar-refractivity contribution in [2.24, 2.45) is 0 Å². The van der Waals surface area contributed by atoms with Gasteiger partial charge in [-0.1, -0.05) is 11.6 Å². The third-order valence-corrected chi connectivity index (χ3v) is 5.00. The lowest BCUT2D eigenvalue weighted by molar-refractivity contribution is -0.117. The second kappa shape index (κ2) is 9.54. The number of halogens is 1. The fourth-order valence-corrected chi connectivity index (χ4v) is 3.54. The Labute approximate surface area is 180 Å². The highest BCUT2D eigenvalue weighted by Gasteiger charge is 2.23. The number of rotatable bonds is 7. The largest absolute Gasteiger partial charge is 0.493 e. The molecule has 1 N–H and O–H groups in total. The van der Waals surface area contributed by atoms with Gasteiger partial charge < -0.3 is 24.4 Å². The van der Waals surface area contributed by atoms with Crippen LogP contribution >= 0.6 is 11.6 Å². The minimum atomic E-state index is -0.329. The van der Waals surface area contributed by atoms with E-state index in [1.807, 2.05) is 0 Å². The van der Waals surface area contributed by atoms with Gasteiger partial charge in [0.1, 0.15) is 0 Å². The number of benzene rings is 2. The molecule has 30 heavy (non-hydrogen) atoms. The van der Waals surface area contributed by atoms with Gasteiger partial charge in [0, 0.05) is 24.7 Å². The molecule has 2 aromatic carbocycles. The van der Waals surface area contributed by atoms with Gasteiger partial charge in [-0.25, -0.2) is 0 Å². The SMILES string of the molecule is COc1cc(/C=C/C(=O)Nc2ccc(N3CCCC3=O)c(Cl)c2)cc(OC)c1OC. The van der Waals surface area contributed by atoms with E-state index < -0.39 is 0 Å². The Morgan fingerprint density at radius 2 is 1.80 bits per heavy atom. The van der Waals surface area contributed by atoms with Crippen molar-refractivity contribution in [2.75, 3.05) is 38.1 Å². The van der Waals surface area contributed by atoms with Gasteiger partial charge in [-0.2, -0.15) is 0 Å². The van der Waals surface area contributed by atoms with Crippen molar-refractivity contribution in [1.29, 1.82) is 0 Å². The van der Waals surface area contributed by atoms with E-state index in [-0.39, 0.29) is 11.8 Å². The Morgan fingerprint density at radius 1 is 1.10 bits per heavy atom. The number of hydrogen-bond acceptors (Lipinski definition) is 5. The number of nitrogens with zero attached hydrogens (tertiary/aromatic N) is 1. The Morgan fingerprint density at radius 3 is 2.33 bits per heavy atom. The maximum atomic E-state index is 12.3. The molecule has 0 aromatic heterocycles. The predicted molar refractivity (Wildman–Crippen MR) is 117 cm³/mol. The van der Waals surface area contributed by atoms with Gasteiger partial charge in [-0.05, 0) is 48.4 Å². The highest BCUT2D eigenvalue weighted by Crippen LogP contribution is 2.38. The Kier molecular flexibility index (Phi) is 6.84. The first-order valence-electron chi connectivity index (χ1n) is 9.35. The summed E-state index contributed by atoms with van der Waals surface area (Å²) in [6, 6.07) is 8.57. The van der Waals surface area contributed by atoms with Crippen molar-refractivity contribution in [1.82, 2.24) is 0 Å². The summed E-state index contributed by atoms with van der Waals surface area (Å²) in [6.07, 6.45) is 4.38.